The highest BCUT2D eigenvalue weighted by Gasteiger charge is 2.13. The smallest absolute Gasteiger partial charge is 0.275 e. The molecule has 4 N–H and O–H groups in total. The van der Waals surface area contributed by atoms with Crippen molar-refractivity contribution in [1.82, 2.24) is 9.55 Å². The highest BCUT2D eigenvalue weighted by molar-refractivity contribution is 6.03. The van der Waals surface area contributed by atoms with Crippen LogP contribution in [0.1, 0.15) is 21.6 Å². The number of amides is 1. The van der Waals surface area contributed by atoms with E-state index in [1.54, 1.807) is 36.1 Å². The molecule has 0 radical (unpaired) electrons. The predicted octanol–water partition coefficient (Wildman–Crippen LogP) is 1.42. The Hall–Kier alpha value is -2.34. The summed E-state index contributed by atoms with van der Waals surface area (Å²) >= 11 is 0. The van der Waals surface area contributed by atoms with Crippen molar-refractivity contribution in [1.29, 1.82) is 0 Å². The number of carbonyl (C=O) groups is 1. The fraction of sp³-hybridized carbons (Fsp3) is 0.286. The number of imidazole rings is 1. The summed E-state index contributed by atoms with van der Waals surface area (Å²) in [5.41, 5.74) is 7.75. The van der Waals surface area contributed by atoms with Gasteiger partial charge in [0.15, 0.2) is 0 Å². The van der Waals surface area contributed by atoms with E-state index in [2.05, 4.69) is 10.3 Å². The SMILES string of the molecule is Cc1ccc(NC(=O)c2cn(CCN)cn2)c(C)c1O. The van der Waals surface area contributed by atoms with E-state index in [0.717, 1.165) is 5.56 Å². The number of benzene rings is 1. The molecular formula is C14H18N4O2. The molecule has 6 nitrogen and oxygen atoms in total. The van der Waals surface area contributed by atoms with Crippen LogP contribution in [0.15, 0.2) is 24.7 Å². The molecule has 0 aliphatic rings. The zero-order valence-electron chi connectivity index (χ0n) is 11.6. The van der Waals surface area contributed by atoms with Crippen LogP contribution in [0.3, 0.4) is 0 Å². The van der Waals surface area contributed by atoms with Crippen molar-refractivity contribution in [3.05, 3.63) is 41.5 Å². The van der Waals surface area contributed by atoms with Crippen LogP contribution >= 0.6 is 0 Å². The van der Waals surface area contributed by atoms with Gasteiger partial charge in [-0.15, -0.1) is 0 Å². The number of hydrogen-bond donors (Lipinski definition) is 3. The molecule has 20 heavy (non-hydrogen) atoms. The number of aryl methyl sites for hydroxylation is 1. The van der Waals surface area contributed by atoms with Crippen molar-refractivity contribution >= 4 is 11.6 Å². The number of phenolic OH excluding ortho intramolecular Hbond substituents is 1. The Morgan fingerprint density at radius 3 is 2.90 bits per heavy atom. The van der Waals surface area contributed by atoms with E-state index < -0.39 is 0 Å². The minimum absolute atomic E-state index is 0.191. The highest BCUT2D eigenvalue weighted by atomic mass is 16.3. The molecular weight excluding hydrogens is 256 g/mol. The lowest BCUT2D eigenvalue weighted by Gasteiger charge is -2.10. The summed E-state index contributed by atoms with van der Waals surface area (Å²) in [5.74, 6) is -0.122. The first-order chi connectivity index (χ1) is 9.52. The lowest BCUT2D eigenvalue weighted by Crippen LogP contribution is -2.13. The summed E-state index contributed by atoms with van der Waals surface area (Å²) < 4.78 is 1.76. The van der Waals surface area contributed by atoms with E-state index in [1.165, 1.54) is 0 Å². The van der Waals surface area contributed by atoms with Crippen LogP contribution in [-0.4, -0.2) is 27.1 Å². The third kappa shape index (κ3) is 2.80. The predicted molar refractivity (Wildman–Crippen MR) is 76.8 cm³/mol. The number of nitrogens with two attached hydrogens (primary N) is 1. The van der Waals surface area contributed by atoms with Gasteiger partial charge in [0.25, 0.3) is 5.91 Å². The fourth-order valence-corrected chi connectivity index (χ4v) is 1.91. The topological polar surface area (TPSA) is 93.2 Å². The van der Waals surface area contributed by atoms with Crippen LogP contribution in [0.2, 0.25) is 0 Å². The van der Waals surface area contributed by atoms with Crippen LogP contribution in [0, 0.1) is 13.8 Å². The van der Waals surface area contributed by atoms with Crippen molar-refractivity contribution in [2.45, 2.75) is 20.4 Å². The van der Waals surface area contributed by atoms with Gasteiger partial charge in [-0.25, -0.2) is 4.98 Å². The molecule has 106 valence electrons. The first-order valence-corrected chi connectivity index (χ1v) is 6.35. The molecule has 0 bridgehead atoms. The lowest BCUT2D eigenvalue weighted by molar-refractivity contribution is 0.102. The van der Waals surface area contributed by atoms with Crippen molar-refractivity contribution in [3.8, 4) is 5.75 Å². The Kier molecular flexibility index (Phi) is 4.05. The van der Waals surface area contributed by atoms with Crippen LogP contribution < -0.4 is 11.1 Å². The van der Waals surface area contributed by atoms with Crippen LogP contribution in [0.5, 0.6) is 5.75 Å². The van der Waals surface area contributed by atoms with Crippen molar-refractivity contribution in [3.63, 3.8) is 0 Å². The molecule has 0 aliphatic heterocycles. The van der Waals surface area contributed by atoms with E-state index in [9.17, 15) is 9.90 Å². The first kappa shape index (κ1) is 14.1. The Labute approximate surface area is 117 Å². The number of aromatic nitrogens is 2. The van der Waals surface area contributed by atoms with Gasteiger partial charge in [-0.1, -0.05) is 6.07 Å². The molecule has 0 fully saturated rings. The van der Waals surface area contributed by atoms with E-state index in [1.807, 2.05) is 6.92 Å². The van der Waals surface area contributed by atoms with Gasteiger partial charge in [-0.05, 0) is 25.5 Å². The number of nitrogens with zero attached hydrogens (tertiary/aromatic N) is 2. The van der Waals surface area contributed by atoms with Gasteiger partial charge in [0, 0.05) is 30.5 Å². The van der Waals surface area contributed by atoms with Gasteiger partial charge >= 0.3 is 0 Å². The van der Waals surface area contributed by atoms with Gasteiger partial charge in [0.05, 0.1) is 6.33 Å². The summed E-state index contributed by atoms with van der Waals surface area (Å²) in [4.78, 5) is 16.1. The van der Waals surface area contributed by atoms with Crippen molar-refractivity contribution in [2.75, 3.05) is 11.9 Å². The van der Waals surface area contributed by atoms with Crippen LogP contribution in [0.4, 0.5) is 5.69 Å². The van der Waals surface area contributed by atoms with Crippen molar-refractivity contribution in [2.24, 2.45) is 5.73 Å². The number of carbonyl (C=O) groups excluding carboxylic acids is 1. The first-order valence-electron chi connectivity index (χ1n) is 6.35. The van der Waals surface area contributed by atoms with Gasteiger partial charge in [0.1, 0.15) is 11.4 Å². The van der Waals surface area contributed by atoms with Gasteiger partial charge in [-0.2, -0.15) is 0 Å². The third-order valence-electron chi connectivity index (χ3n) is 3.13. The highest BCUT2D eigenvalue weighted by Crippen LogP contribution is 2.28. The molecule has 0 atom stereocenters. The molecule has 0 saturated heterocycles. The maximum atomic E-state index is 12.1. The lowest BCUT2D eigenvalue weighted by atomic mass is 10.1. The number of nitrogens with one attached hydrogen (secondary N) is 1. The van der Waals surface area contributed by atoms with Crippen LogP contribution in [0.25, 0.3) is 0 Å². The Balaban J connectivity index is 2.17. The third-order valence-corrected chi connectivity index (χ3v) is 3.13. The van der Waals surface area contributed by atoms with E-state index in [-0.39, 0.29) is 11.7 Å². The Morgan fingerprint density at radius 1 is 1.45 bits per heavy atom. The molecule has 2 aromatic rings. The Morgan fingerprint density at radius 2 is 2.20 bits per heavy atom. The maximum Gasteiger partial charge on any atom is 0.275 e. The Bertz CT molecular complexity index is 634. The molecule has 0 aliphatic carbocycles. The molecule has 1 aromatic carbocycles. The standard InChI is InChI=1S/C14H18N4O2/c1-9-3-4-11(10(2)13(9)19)17-14(20)12-7-18(6-5-15)8-16-12/h3-4,7-8,19H,5-6,15H2,1-2H3,(H,17,20). The molecule has 0 spiro atoms. The molecule has 6 heteroatoms. The molecule has 0 saturated carbocycles. The second kappa shape index (κ2) is 5.75. The zero-order valence-corrected chi connectivity index (χ0v) is 11.6. The number of anilines is 1. The van der Waals surface area contributed by atoms with E-state index in [0.29, 0.717) is 30.0 Å². The van der Waals surface area contributed by atoms with Gasteiger partial charge in [-0.3, -0.25) is 4.79 Å². The molecule has 0 unspecified atom stereocenters. The van der Waals surface area contributed by atoms with Crippen LogP contribution in [-0.2, 0) is 6.54 Å². The largest absolute Gasteiger partial charge is 0.507 e. The molecule has 1 heterocycles. The summed E-state index contributed by atoms with van der Waals surface area (Å²) in [6, 6.07) is 3.52. The monoisotopic (exact) mass is 274 g/mol. The van der Waals surface area contributed by atoms with E-state index in [4.69, 9.17) is 5.73 Å². The summed E-state index contributed by atoms with van der Waals surface area (Å²) in [6.45, 7) is 4.67. The second-order valence-electron chi connectivity index (χ2n) is 4.64. The van der Waals surface area contributed by atoms with Gasteiger partial charge < -0.3 is 20.7 Å². The van der Waals surface area contributed by atoms with Crippen molar-refractivity contribution < 1.29 is 9.90 Å². The molecule has 2 rings (SSSR count). The minimum Gasteiger partial charge on any atom is -0.507 e. The average Bonchev–Trinajstić information content (AvgIpc) is 2.88. The average molecular weight is 274 g/mol. The second-order valence-corrected chi connectivity index (χ2v) is 4.64. The quantitative estimate of drug-likeness (QED) is 0.786. The fourth-order valence-electron chi connectivity index (χ4n) is 1.91. The molecule has 1 aromatic heterocycles. The number of rotatable bonds is 4. The van der Waals surface area contributed by atoms with E-state index >= 15 is 0 Å². The minimum atomic E-state index is -0.313. The zero-order chi connectivity index (χ0) is 14.7. The number of hydrogen-bond acceptors (Lipinski definition) is 4. The molecule has 1 amide bonds. The van der Waals surface area contributed by atoms with Gasteiger partial charge in [0.2, 0.25) is 0 Å². The number of phenols is 1. The summed E-state index contributed by atoms with van der Waals surface area (Å²) in [7, 11) is 0. The normalized spacial score (nSPS) is 10.6. The number of aromatic hydroxyl groups is 1. The maximum absolute atomic E-state index is 12.1. The summed E-state index contributed by atoms with van der Waals surface area (Å²) in [5, 5.41) is 12.6. The summed E-state index contributed by atoms with van der Waals surface area (Å²) in [6.07, 6.45) is 3.22.